The van der Waals surface area contributed by atoms with E-state index in [0.29, 0.717) is 11.3 Å². The van der Waals surface area contributed by atoms with Gasteiger partial charge < -0.3 is 0 Å². The summed E-state index contributed by atoms with van der Waals surface area (Å²) in [4.78, 5) is 0. The van der Waals surface area contributed by atoms with Gasteiger partial charge in [0.15, 0.2) is 0 Å². The molecule has 0 aliphatic heterocycles. The Hall–Kier alpha value is -1.39. The van der Waals surface area contributed by atoms with Crippen LogP contribution in [0, 0.1) is 0 Å². The number of rotatable bonds is 5. The Morgan fingerprint density at radius 2 is 1.05 bits per heavy atom. The van der Waals surface area contributed by atoms with E-state index in [1.807, 2.05) is 0 Å². The number of benzene rings is 2. The van der Waals surface area contributed by atoms with E-state index in [1.165, 1.54) is 16.7 Å². The van der Waals surface area contributed by atoms with Crippen LogP contribution in [0.2, 0.25) is 0 Å². The fraction of sp³-hybridized carbons (Fsp3) is 0.333. The first kappa shape index (κ1) is 17.0. The predicted octanol–water partition coefficient (Wildman–Crippen LogP) is 6.76. The second-order valence-electron chi connectivity index (χ2n) is 6.29. The van der Waals surface area contributed by atoms with Crippen molar-refractivity contribution in [3.8, 4) is 0 Å². The van der Waals surface area contributed by atoms with E-state index in [-0.39, 0.29) is 7.92 Å². The van der Waals surface area contributed by atoms with Crippen LogP contribution in [-0.4, -0.2) is 11.3 Å². The molecule has 0 atom stereocenters. The zero-order valence-electron chi connectivity index (χ0n) is 14.4. The van der Waals surface area contributed by atoms with Crippen LogP contribution in [0.15, 0.2) is 66.0 Å². The van der Waals surface area contributed by atoms with Crippen molar-refractivity contribution < 1.29 is 0 Å². The lowest BCUT2D eigenvalue weighted by Crippen LogP contribution is -2.06. The second kappa shape index (κ2) is 7.75. The van der Waals surface area contributed by atoms with E-state index in [9.17, 15) is 0 Å². The average Bonchev–Trinajstić information content (AvgIpc) is 2.49. The van der Waals surface area contributed by atoms with Gasteiger partial charge in [0.05, 0.1) is 0 Å². The second-order valence-corrected chi connectivity index (χ2v) is 9.84. The third kappa shape index (κ3) is 3.87. The van der Waals surface area contributed by atoms with Crippen molar-refractivity contribution in [1.29, 1.82) is 0 Å². The summed E-state index contributed by atoms with van der Waals surface area (Å²) in [5.74, 6) is 0. The number of hydrogen-bond donors (Lipinski definition) is 0. The van der Waals surface area contributed by atoms with Crippen LogP contribution >= 0.6 is 7.92 Å². The number of allylic oxidation sites excluding steroid dienone is 1. The summed E-state index contributed by atoms with van der Waals surface area (Å²) in [5.41, 5.74) is 5.50. The Morgan fingerprint density at radius 3 is 1.36 bits per heavy atom. The van der Waals surface area contributed by atoms with Gasteiger partial charge in [-0.15, -0.1) is 0 Å². The molecule has 0 bridgehead atoms. The number of hydrogen-bond acceptors (Lipinski definition) is 0. The molecule has 0 aromatic heterocycles. The zero-order valence-corrected chi connectivity index (χ0v) is 15.3. The van der Waals surface area contributed by atoms with Crippen LogP contribution in [0.4, 0.5) is 0 Å². The topological polar surface area (TPSA) is 0 Å². The molecule has 2 rings (SSSR count). The lowest BCUT2D eigenvalue weighted by Gasteiger charge is -2.29. The normalized spacial score (nSPS) is 11.3. The quantitative estimate of drug-likeness (QED) is 0.535. The first-order chi connectivity index (χ1) is 10.5. The van der Waals surface area contributed by atoms with Gasteiger partial charge in [0.1, 0.15) is 0 Å². The average molecular weight is 310 g/mol. The highest BCUT2D eigenvalue weighted by atomic mass is 31.1. The third-order valence-corrected chi connectivity index (χ3v) is 7.21. The smallest absolute Gasteiger partial charge is 0.00773 e. The third-order valence-electron chi connectivity index (χ3n) is 3.99. The SMILES string of the molecule is CC(=C(c1ccccc1)c1ccccc1)P(C(C)C)C(C)C. The zero-order chi connectivity index (χ0) is 16.1. The van der Waals surface area contributed by atoms with Crippen molar-refractivity contribution in [3.05, 3.63) is 77.1 Å². The summed E-state index contributed by atoms with van der Waals surface area (Å²) >= 11 is 0. The Kier molecular flexibility index (Phi) is 5.98. The van der Waals surface area contributed by atoms with Crippen LogP contribution in [-0.2, 0) is 0 Å². The monoisotopic (exact) mass is 310 g/mol. The van der Waals surface area contributed by atoms with Crippen molar-refractivity contribution in [2.24, 2.45) is 0 Å². The molecule has 1 heteroatoms. The van der Waals surface area contributed by atoms with Crippen molar-refractivity contribution in [1.82, 2.24) is 0 Å². The van der Waals surface area contributed by atoms with Gasteiger partial charge >= 0.3 is 0 Å². The summed E-state index contributed by atoms with van der Waals surface area (Å²) in [6, 6.07) is 21.7. The molecule has 116 valence electrons. The molecular formula is C21H27P. The van der Waals surface area contributed by atoms with E-state index in [2.05, 4.69) is 95.3 Å². The molecule has 0 radical (unpaired) electrons. The maximum absolute atomic E-state index is 2.36. The molecule has 0 saturated carbocycles. The molecule has 0 saturated heterocycles. The molecule has 2 aromatic carbocycles. The highest BCUT2D eigenvalue weighted by molar-refractivity contribution is 7.63. The largest absolute Gasteiger partial charge is 0.0741 e. The van der Waals surface area contributed by atoms with Gasteiger partial charge in [-0.1, -0.05) is 96.3 Å². The Bertz CT molecular complexity index is 559. The van der Waals surface area contributed by atoms with E-state index >= 15 is 0 Å². The predicted molar refractivity (Wildman–Crippen MR) is 102 cm³/mol. The fourth-order valence-electron chi connectivity index (χ4n) is 3.29. The Morgan fingerprint density at radius 1 is 0.682 bits per heavy atom. The van der Waals surface area contributed by atoms with Gasteiger partial charge in [-0.05, 0) is 40.3 Å². The van der Waals surface area contributed by atoms with Gasteiger partial charge in [-0.3, -0.25) is 0 Å². The maximum Gasteiger partial charge on any atom is -0.00773 e. The lowest BCUT2D eigenvalue weighted by atomic mass is 9.98. The first-order valence-electron chi connectivity index (χ1n) is 8.12. The maximum atomic E-state index is 2.36. The molecule has 0 aliphatic rings. The van der Waals surface area contributed by atoms with Crippen LogP contribution in [0.5, 0.6) is 0 Å². The summed E-state index contributed by atoms with van der Waals surface area (Å²) < 4.78 is 0. The molecule has 0 aliphatic carbocycles. The van der Waals surface area contributed by atoms with Gasteiger partial charge in [0, 0.05) is 0 Å². The highest BCUT2D eigenvalue weighted by Crippen LogP contribution is 2.56. The minimum absolute atomic E-state index is 0.147. The van der Waals surface area contributed by atoms with E-state index < -0.39 is 0 Å². The van der Waals surface area contributed by atoms with Crippen molar-refractivity contribution in [2.45, 2.75) is 45.9 Å². The molecule has 22 heavy (non-hydrogen) atoms. The summed E-state index contributed by atoms with van der Waals surface area (Å²) in [6.45, 7) is 11.8. The fourth-order valence-corrected chi connectivity index (χ4v) is 6.55. The van der Waals surface area contributed by atoms with E-state index in [0.717, 1.165) is 0 Å². The molecule has 0 fully saturated rings. The summed E-state index contributed by atoms with van der Waals surface area (Å²) in [6.07, 6.45) is 0. The summed E-state index contributed by atoms with van der Waals surface area (Å²) in [7, 11) is -0.147. The standard InChI is InChI=1S/C21H27P/c1-16(2)22(17(3)4)18(5)21(19-12-8-6-9-13-19)20-14-10-7-11-15-20/h6-17H,1-5H3. The first-order valence-corrected chi connectivity index (χ1v) is 9.60. The minimum atomic E-state index is -0.147. The molecule has 0 heterocycles. The van der Waals surface area contributed by atoms with E-state index in [1.54, 1.807) is 5.31 Å². The molecular weight excluding hydrogens is 283 g/mol. The molecule has 0 spiro atoms. The highest BCUT2D eigenvalue weighted by Gasteiger charge is 2.22. The van der Waals surface area contributed by atoms with Crippen LogP contribution in [0.3, 0.4) is 0 Å². The van der Waals surface area contributed by atoms with Crippen LogP contribution in [0.25, 0.3) is 5.57 Å². The molecule has 0 unspecified atom stereocenters. The minimum Gasteiger partial charge on any atom is -0.0741 e. The van der Waals surface area contributed by atoms with Crippen LogP contribution < -0.4 is 0 Å². The van der Waals surface area contributed by atoms with E-state index in [4.69, 9.17) is 0 Å². The van der Waals surface area contributed by atoms with Crippen molar-refractivity contribution in [3.63, 3.8) is 0 Å². The van der Waals surface area contributed by atoms with Crippen LogP contribution in [0.1, 0.15) is 45.7 Å². The lowest BCUT2D eigenvalue weighted by molar-refractivity contribution is 1.01. The van der Waals surface area contributed by atoms with Gasteiger partial charge in [0.25, 0.3) is 0 Å². The van der Waals surface area contributed by atoms with Gasteiger partial charge in [-0.25, -0.2) is 0 Å². The molecule has 0 N–H and O–H groups in total. The Balaban J connectivity index is 2.65. The molecule has 2 aromatic rings. The van der Waals surface area contributed by atoms with Crippen molar-refractivity contribution >= 4 is 13.5 Å². The summed E-state index contributed by atoms with van der Waals surface area (Å²) in [5, 5.41) is 1.57. The Labute approximate surface area is 137 Å². The van der Waals surface area contributed by atoms with Crippen molar-refractivity contribution in [2.75, 3.05) is 0 Å². The van der Waals surface area contributed by atoms with Gasteiger partial charge in [-0.2, -0.15) is 0 Å². The molecule has 0 amide bonds. The molecule has 0 nitrogen and oxygen atoms in total. The van der Waals surface area contributed by atoms with Gasteiger partial charge in [0.2, 0.25) is 0 Å².